The Labute approximate surface area is 225 Å². The molecule has 0 fully saturated rings. The Bertz CT molecular complexity index is 1470. The largest absolute Gasteiger partial charge is 0.454 e. The number of carbonyl (C=O) groups is 2. The molecule has 9 heteroatoms. The van der Waals surface area contributed by atoms with Gasteiger partial charge in [0.1, 0.15) is 12.6 Å². The van der Waals surface area contributed by atoms with Gasteiger partial charge in [0.05, 0.1) is 5.52 Å². The molecule has 0 saturated heterocycles. The van der Waals surface area contributed by atoms with Crippen LogP contribution in [0.25, 0.3) is 10.9 Å². The van der Waals surface area contributed by atoms with Gasteiger partial charge >= 0.3 is 0 Å². The van der Waals surface area contributed by atoms with Crippen LogP contribution in [0.3, 0.4) is 0 Å². The average molecular weight is 534 g/mol. The van der Waals surface area contributed by atoms with Gasteiger partial charge in [-0.2, -0.15) is 0 Å². The number of hydrogen-bond acceptors (Lipinski definition) is 5. The molecule has 2 N–H and O–H groups in total. The van der Waals surface area contributed by atoms with E-state index >= 15 is 0 Å². The number of rotatable bonds is 9. The first-order valence-corrected chi connectivity index (χ1v) is 12.7. The molecule has 1 aromatic heterocycles. The normalized spacial score (nSPS) is 12.9. The fourth-order valence-corrected chi connectivity index (χ4v) is 4.92. The predicted octanol–water partition coefficient (Wildman–Crippen LogP) is 3.95. The van der Waals surface area contributed by atoms with Crippen molar-refractivity contribution in [3.63, 3.8) is 0 Å². The summed E-state index contributed by atoms with van der Waals surface area (Å²) >= 11 is 6.38. The molecule has 0 radical (unpaired) electrons. The number of ether oxygens (including phenoxy) is 2. The van der Waals surface area contributed by atoms with Crippen LogP contribution < -0.4 is 19.7 Å². The van der Waals surface area contributed by atoms with Crippen LogP contribution in [-0.4, -0.2) is 48.0 Å². The van der Waals surface area contributed by atoms with Gasteiger partial charge in [-0.05, 0) is 35.9 Å². The summed E-state index contributed by atoms with van der Waals surface area (Å²) in [5.74, 6) is 0.605. The maximum atomic E-state index is 13.7. The van der Waals surface area contributed by atoms with Gasteiger partial charge in [-0.3, -0.25) is 9.59 Å². The fraction of sp³-hybridized carbons (Fsp3) is 0.241. The zero-order valence-corrected chi connectivity index (χ0v) is 21.6. The topological polar surface area (TPSA) is 93.0 Å². The molecule has 2 heterocycles. The molecule has 4 aromatic rings. The van der Waals surface area contributed by atoms with Crippen LogP contribution in [0.1, 0.15) is 11.3 Å². The summed E-state index contributed by atoms with van der Waals surface area (Å²) in [7, 11) is 1.67. The summed E-state index contributed by atoms with van der Waals surface area (Å²) in [6, 6.07) is 21.4. The molecule has 0 saturated carbocycles. The number of aliphatic hydroxyl groups is 1. The molecule has 1 aliphatic rings. The van der Waals surface area contributed by atoms with Crippen LogP contribution >= 0.6 is 11.6 Å². The molecule has 0 spiro atoms. The predicted molar refractivity (Wildman–Crippen MR) is 146 cm³/mol. The lowest BCUT2D eigenvalue weighted by molar-refractivity contribution is -0.127. The van der Waals surface area contributed by atoms with Gasteiger partial charge in [0.15, 0.2) is 11.5 Å². The Morgan fingerprint density at radius 2 is 1.84 bits per heavy atom. The molecule has 5 rings (SSSR count). The van der Waals surface area contributed by atoms with Crippen LogP contribution in [0.15, 0.2) is 72.8 Å². The summed E-state index contributed by atoms with van der Waals surface area (Å²) in [4.78, 5) is 28.6. The lowest BCUT2D eigenvalue weighted by atomic mass is 10.0. The molecule has 3 aromatic carbocycles. The average Bonchev–Trinajstić information content (AvgIpc) is 3.53. The number of anilines is 1. The number of hydrogen-bond donors (Lipinski definition) is 2. The Morgan fingerprint density at radius 1 is 1.05 bits per heavy atom. The standard InChI is InChI=1S/C29H28ClN3O5/c1-32(20-10-11-26-27(16-20)38-18-37-26)29(36)24(14-19-6-3-2-4-7-19)31-28(35)17-33-21(12-13-34)15-22-23(30)8-5-9-25(22)33/h2-11,15-16,24,34H,12-14,17-18H2,1H3,(H,31,35)/t24-/m0/s1. The van der Waals surface area contributed by atoms with Gasteiger partial charge in [-0.1, -0.05) is 48.0 Å². The smallest absolute Gasteiger partial charge is 0.249 e. The van der Waals surface area contributed by atoms with E-state index in [-0.39, 0.29) is 31.8 Å². The van der Waals surface area contributed by atoms with Crippen molar-refractivity contribution in [3.05, 3.63) is 89.1 Å². The van der Waals surface area contributed by atoms with E-state index < -0.39 is 6.04 Å². The van der Waals surface area contributed by atoms with E-state index in [1.54, 1.807) is 31.3 Å². The van der Waals surface area contributed by atoms with Crippen molar-refractivity contribution in [2.75, 3.05) is 25.3 Å². The molecule has 2 amide bonds. The van der Waals surface area contributed by atoms with Gasteiger partial charge < -0.3 is 29.4 Å². The second kappa shape index (κ2) is 11.2. The number of aliphatic hydroxyl groups excluding tert-OH is 1. The van der Waals surface area contributed by atoms with E-state index in [4.69, 9.17) is 21.1 Å². The van der Waals surface area contributed by atoms with Crippen LogP contribution in [0.4, 0.5) is 5.69 Å². The number of nitrogens with zero attached hydrogens (tertiary/aromatic N) is 2. The number of carbonyl (C=O) groups excluding carboxylic acids is 2. The van der Waals surface area contributed by atoms with Gasteiger partial charge in [0.2, 0.25) is 18.6 Å². The molecule has 0 unspecified atom stereocenters. The highest BCUT2D eigenvalue weighted by atomic mass is 35.5. The van der Waals surface area contributed by atoms with E-state index in [2.05, 4.69) is 5.32 Å². The fourth-order valence-electron chi connectivity index (χ4n) is 4.70. The maximum Gasteiger partial charge on any atom is 0.249 e. The molecular weight excluding hydrogens is 506 g/mol. The van der Waals surface area contributed by atoms with Crippen molar-refractivity contribution in [1.82, 2.24) is 9.88 Å². The van der Waals surface area contributed by atoms with Crippen LogP contribution in [0.2, 0.25) is 5.02 Å². The number of likely N-dealkylation sites (N-methyl/N-ethyl adjacent to an activating group) is 1. The zero-order valence-electron chi connectivity index (χ0n) is 20.9. The van der Waals surface area contributed by atoms with Crippen LogP contribution in [-0.2, 0) is 29.0 Å². The van der Waals surface area contributed by atoms with Gasteiger partial charge in [-0.25, -0.2) is 0 Å². The van der Waals surface area contributed by atoms with Crippen molar-refractivity contribution in [2.24, 2.45) is 0 Å². The van der Waals surface area contributed by atoms with Crippen molar-refractivity contribution >= 4 is 40.0 Å². The summed E-state index contributed by atoms with van der Waals surface area (Å²) < 4.78 is 12.7. The highest BCUT2D eigenvalue weighted by Gasteiger charge is 2.27. The van der Waals surface area contributed by atoms with Crippen LogP contribution in [0, 0.1) is 0 Å². The van der Waals surface area contributed by atoms with Crippen molar-refractivity contribution < 1.29 is 24.2 Å². The van der Waals surface area contributed by atoms with E-state index in [9.17, 15) is 14.7 Å². The Morgan fingerprint density at radius 3 is 2.63 bits per heavy atom. The molecule has 0 aliphatic carbocycles. The minimum Gasteiger partial charge on any atom is -0.454 e. The van der Waals surface area contributed by atoms with Crippen molar-refractivity contribution in [3.8, 4) is 11.5 Å². The lowest BCUT2D eigenvalue weighted by Gasteiger charge is -2.25. The van der Waals surface area contributed by atoms with Crippen molar-refractivity contribution in [2.45, 2.75) is 25.4 Å². The maximum absolute atomic E-state index is 13.7. The first-order chi connectivity index (χ1) is 18.4. The first kappa shape index (κ1) is 25.6. The summed E-state index contributed by atoms with van der Waals surface area (Å²) in [6.45, 7) is 0.0528. The molecule has 196 valence electrons. The zero-order chi connectivity index (χ0) is 26.6. The van der Waals surface area contributed by atoms with E-state index in [0.717, 1.165) is 22.2 Å². The molecule has 38 heavy (non-hydrogen) atoms. The number of halogens is 1. The number of benzene rings is 3. The number of amides is 2. The first-order valence-electron chi connectivity index (χ1n) is 12.3. The summed E-state index contributed by atoms with van der Waals surface area (Å²) in [5, 5.41) is 13.9. The minimum atomic E-state index is -0.813. The van der Waals surface area contributed by atoms with Crippen LogP contribution in [0.5, 0.6) is 11.5 Å². The summed E-state index contributed by atoms with van der Waals surface area (Å²) in [5.41, 5.74) is 3.13. The van der Waals surface area contributed by atoms with Gasteiger partial charge in [0.25, 0.3) is 0 Å². The lowest BCUT2D eigenvalue weighted by Crippen LogP contribution is -2.49. The van der Waals surface area contributed by atoms with Gasteiger partial charge in [0, 0.05) is 54.4 Å². The highest BCUT2D eigenvalue weighted by Crippen LogP contribution is 2.35. The monoisotopic (exact) mass is 533 g/mol. The molecule has 1 atom stereocenters. The Balaban J connectivity index is 1.40. The Hall–Kier alpha value is -4.01. The SMILES string of the molecule is CN(C(=O)[C@H](Cc1ccccc1)NC(=O)Cn1c(CCO)cc2c(Cl)cccc21)c1ccc2c(c1)OCO2. The summed E-state index contributed by atoms with van der Waals surface area (Å²) in [6.07, 6.45) is 0.694. The second-order valence-corrected chi connectivity index (χ2v) is 9.52. The van der Waals surface area contributed by atoms with E-state index in [1.807, 2.05) is 53.1 Å². The third-order valence-corrected chi connectivity index (χ3v) is 6.97. The quantitative estimate of drug-likeness (QED) is 0.340. The van der Waals surface area contributed by atoms with E-state index in [0.29, 0.717) is 35.1 Å². The molecule has 1 aliphatic heterocycles. The number of fused-ring (bicyclic) bond motifs is 2. The Kier molecular flexibility index (Phi) is 7.53. The number of nitrogens with one attached hydrogen (secondary N) is 1. The highest BCUT2D eigenvalue weighted by molar-refractivity contribution is 6.35. The molecule has 0 bridgehead atoms. The minimum absolute atomic E-state index is 0.0223. The third kappa shape index (κ3) is 5.32. The van der Waals surface area contributed by atoms with E-state index in [1.165, 1.54) is 4.90 Å². The van der Waals surface area contributed by atoms with Crippen molar-refractivity contribution in [1.29, 1.82) is 0 Å². The molecular formula is C29H28ClN3O5. The third-order valence-electron chi connectivity index (χ3n) is 6.64. The molecule has 8 nitrogen and oxygen atoms in total. The number of aromatic nitrogens is 1. The van der Waals surface area contributed by atoms with Gasteiger partial charge in [-0.15, -0.1) is 0 Å². The second-order valence-electron chi connectivity index (χ2n) is 9.11.